The van der Waals surface area contributed by atoms with Crippen LogP contribution in [0.2, 0.25) is 0 Å². The summed E-state index contributed by atoms with van der Waals surface area (Å²) in [5.74, 6) is 5.40. The highest BCUT2D eigenvalue weighted by Crippen LogP contribution is 2.20. The van der Waals surface area contributed by atoms with Crippen molar-refractivity contribution in [3.63, 3.8) is 0 Å². The predicted molar refractivity (Wildman–Crippen MR) is 79.4 cm³/mol. The maximum atomic E-state index is 11.6. The Labute approximate surface area is 117 Å². The van der Waals surface area contributed by atoms with Gasteiger partial charge in [-0.05, 0) is 36.5 Å². The first-order chi connectivity index (χ1) is 9.29. The molecule has 19 heavy (non-hydrogen) atoms. The van der Waals surface area contributed by atoms with Crippen LogP contribution in [0.25, 0.3) is 0 Å². The highest BCUT2D eigenvalue weighted by molar-refractivity contribution is 7.99. The predicted octanol–water partition coefficient (Wildman–Crippen LogP) is 1.75. The van der Waals surface area contributed by atoms with Crippen LogP contribution in [0.3, 0.4) is 0 Å². The number of thioether (sulfide) groups is 1. The molecule has 1 aliphatic heterocycles. The summed E-state index contributed by atoms with van der Waals surface area (Å²) in [5, 5.41) is 6.01. The van der Waals surface area contributed by atoms with Crippen molar-refractivity contribution in [1.29, 1.82) is 0 Å². The number of nitrogens with one attached hydrogen (secondary N) is 2. The van der Waals surface area contributed by atoms with Gasteiger partial charge in [0.2, 0.25) is 0 Å². The fourth-order valence-electron chi connectivity index (χ4n) is 1.90. The smallest absolute Gasteiger partial charge is 0.253 e. The molecule has 0 saturated carbocycles. The van der Waals surface area contributed by atoms with Crippen molar-refractivity contribution in [2.24, 2.45) is 0 Å². The minimum Gasteiger partial charge on any atom is -0.367 e. The van der Waals surface area contributed by atoms with Crippen LogP contribution >= 0.6 is 11.8 Å². The number of carbonyl (C=O) groups is 1. The fraction of sp³-hybridized carbons (Fsp3) is 0.429. The first-order valence-corrected chi connectivity index (χ1v) is 7.47. The number of aromatic nitrogens is 1. The normalized spacial score (nSPS) is 15.5. The van der Waals surface area contributed by atoms with Gasteiger partial charge in [-0.25, -0.2) is 4.98 Å². The molecule has 0 unspecified atom stereocenters. The minimum absolute atomic E-state index is 0.189. The third kappa shape index (κ3) is 4.18. The Morgan fingerprint density at radius 1 is 1.47 bits per heavy atom. The van der Waals surface area contributed by atoms with Crippen LogP contribution < -0.4 is 10.6 Å². The summed E-state index contributed by atoms with van der Waals surface area (Å²) >= 11 is 1.99. The maximum absolute atomic E-state index is 11.6. The molecule has 4 nitrogen and oxygen atoms in total. The topological polar surface area (TPSA) is 54.0 Å². The molecule has 2 heterocycles. The Bertz CT molecular complexity index is 461. The van der Waals surface area contributed by atoms with Crippen LogP contribution in [0.15, 0.2) is 18.3 Å². The first kappa shape index (κ1) is 13.8. The van der Waals surface area contributed by atoms with E-state index in [9.17, 15) is 4.79 Å². The van der Waals surface area contributed by atoms with Gasteiger partial charge in [0.15, 0.2) is 0 Å². The first-order valence-electron chi connectivity index (χ1n) is 6.31. The van der Waals surface area contributed by atoms with Gasteiger partial charge in [0.05, 0.1) is 12.1 Å². The molecule has 1 saturated heterocycles. The van der Waals surface area contributed by atoms with Crippen molar-refractivity contribution in [1.82, 2.24) is 10.3 Å². The number of terminal acetylenes is 1. The molecule has 0 bridgehead atoms. The number of rotatable bonds is 4. The molecule has 100 valence electrons. The quantitative estimate of drug-likeness (QED) is 0.822. The Hall–Kier alpha value is -1.67. The molecule has 0 aromatic carbocycles. The molecule has 0 spiro atoms. The second kappa shape index (κ2) is 7.05. The van der Waals surface area contributed by atoms with Crippen LogP contribution in [0.5, 0.6) is 0 Å². The van der Waals surface area contributed by atoms with Gasteiger partial charge < -0.3 is 10.6 Å². The van der Waals surface area contributed by atoms with Crippen molar-refractivity contribution >= 4 is 23.5 Å². The average molecular weight is 275 g/mol. The molecule has 0 aliphatic carbocycles. The summed E-state index contributed by atoms with van der Waals surface area (Å²) in [4.78, 5) is 15.9. The maximum Gasteiger partial charge on any atom is 0.253 e. The van der Waals surface area contributed by atoms with Gasteiger partial charge in [-0.2, -0.15) is 11.8 Å². The van der Waals surface area contributed by atoms with Crippen LogP contribution in [0.1, 0.15) is 23.2 Å². The van der Waals surface area contributed by atoms with E-state index in [-0.39, 0.29) is 12.5 Å². The monoisotopic (exact) mass is 275 g/mol. The summed E-state index contributed by atoms with van der Waals surface area (Å²) in [6, 6.07) is 4.10. The highest BCUT2D eigenvalue weighted by Gasteiger charge is 2.13. The van der Waals surface area contributed by atoms with Crippen LogP contribution in [0.4, 0.5) is 5.82 Å². The SMILES string of the molecule is C#CCNC(=O)c1ccc(NC2CCSCC2)nc1. The summed E-state index contributed by atoms with van der Waals surface area (Å²) in [6.07, 6.45) is 8.99. The number of carbonyl (C=O) groups excluding carboxylic acids is 1. The molecule has 1 amide bonds. The zero-order valence-corrected chi connectivity index (χ0v) is 11.5. The van der Waals surface area contributed by atoms with Gasteiger partial charge in [-0.3, -0.25) is 4.79 Å². The van der Waals surface area contributed by atoms with Crippen molar-refractivity contribution in [2.45, 2.75) is 18.9 Å². The summed E-state index contributed by atoms with van der Waals surface area (Å²) in [7, 11) is 0. The van der Waals surface area contributed by atoms with Crippen molar-refractivity contribution in [3.8, 4) is 12.3 Å². The second-order valence-electron chi connectivity index (χ2n) is 4.35. The highest BCUT2D eigenvalue weighted by atomic mass is 32.2. The number of amides is 1. The van der Waals surface area contributed by atoms with Crippen LogP contribution in [-0.4, -0.2) is 35.0 Å². The summed E-state index contributed by atoms with van der Waals surface area (Å²) in [6.45, 7) is 0.235. The van der Waals surface area contributed by atoms with E-state index in [2.05, 4.69) is 21.5 Å². The zero-order valence-electron chi connectivity index (χ0n) is 10.7. The summed E-state index contributed by atoms with van der Waals surface area (Å²) in [5.41, 5.74) is 0.528. The lowest BCUT2D eigenvalue weighted by molar-refractivity contribution is 0.0958. The minimum atomic E-state index is -0.189. The number of nitrogens with zero attached hydrogens (tertiary/aromatic N) is 1. The van der Waals surface area contributed by atoms with Gasteiger partial charge in [0, 0.05) is 12.2 Å². The van der Waals surface area contributed by atoms with E-state index in [1.54, 1.807) is 12.3 Å². The van der Waals surface area contributed by atoms with Gasteiger partial charge in [0.25, 0.3) is 5.91 Å². The van der Waals surface area contributed by atoms with E-state index in [4.69, 9.17) is 6.42 Å². The Kier molecular flexibility index (Phi) is 5.10. The van der Waals surface area contributed by atoms with E-state index in [0.29, 0.717) is 11.6 Å². The van der Waals surface area contributed by atoms with Crippen molar-refractivity contribution in [2.75, 3.05) is 23.4 Å². The number of hydrogen-bond acceptors (Lipinski definition) is 4. The van der Waals surface area contributed by atoms with E-state index < -0.39 is 0 Å². The molecule has 1 aromatic rings. The molecule has 1 aromatic heterocycles. The van der Waals surface area contributed by atoms with Crippen LogP contribution in [-0.2, 0) is 0 Å². The Balaban J connectivity index is 1.90. The lowest BCUT2D eigenvalue weighted by atomic mass is 10.1. The van der Waals surface area contributed by atoms with Gasteiger partial charge in [-0.1, -0.05) is 5.92 Å². The average Bonchev–Trinajstić information content (AvgIpc) is 2.46. The number of hydrogen-bond donors (Lipinski definition) is 2. The molecular weight excluding hydrogens is 258 g/mol. The third-order valence-electron chi connectivity index (χ3n) is 2.95. The molecule has 1 aliphatic rings. The van der Waals surface area contributed by atoms with Crippen molar-refractivity contribution < 1.29 is 4.79 Å². The molecule has 2 N–H and O–H groups in total. The zero-order chi connectivity index (χ0) is 13.5. The van der Waals surface area contributed by atoms with Gasteiger partial charge in [0.1, 0.15) is 5.82 Å². The molecule has 5 heteroatoms. The van der Waals surface area contributed by atoms with Gasteiger partial charge >= 0.3 is 0 Å². The molecule has 1 fully saturated rings. The standard InChI is InChI=1S/C14H17N3OS/c1-2-7-15-14(18)11-3-4-13(16-10-11)17-12-5-8-19-9-6-12/h1,3-4,10,12H,5-9H2,(H,15,18)(H,16,17). The fourth-order valence-corrected chi connectivity index (χ4v) is 3.00. The number of anilines is 1. The van der Waals surface area contributed by atoms with E-state index in [1.807, 2.05) is 17.8 Å². The lowest BCUT2D eigenvalue weighted by Gasteiger charge is -2.22. The Morgan fingerprint density at radius 2 is 2.26 bits per heavy atom. The largest absolute Gasteiger partial charge is 0.367 e. The second-order valence-corrected chi connectivity index (χ2v) is 5.57. The Morgan fingerprint density at radius 3 is 2.89 bits per heavy atom. The molecular formula is C14H17N3OS. The number of pyridine rings is 1. The van der Waals surface area contributed by atoms with E-state index in [1.165, 1.54) is 11.5 Å². The van der Waals surface area contributed by atoms with Crippen LogP contribution in [0, 0.1) is 12.3 Å². The summed E-state index contributed by atoms with van der Waals surface area (Å²) < 4.78 is 0. The van der Waals surface area contributed by atoms with E-state index in [0.717, 1.165) is 18.7 Å². The van der Waals surface area contributed by atoms with Crippen molar-refractivity contribution in [3.05, 3.63) is 23.9 Å². The third-order valence-corrected chi connectivity index (χ3v) is 4.00. The van der Waals surface area contributed by atoms with E-state index >= 15 is 0 Å². The molecule has 0 atom stereocenters. The molecule has 0 radical (unpaired) electrons. The van der Waals surface area contributed by atoms with Gasteiger partial charge in [-0.15, -0.1) is 6.42 Å². The molecule has 2 rings (SSSR count). The lowest BCUT2D eigenvalue weighted by Crippen LogP contribution is -2.25.